The molecule has 0 aliphatic rings. The van der Waals surface area contributed by atoms with E-state index >= 15 is 0 Å². The van der Waals surface area contributed by atoms with Crippen molar-refractivity contribution in [3.05, 3.63) is 68.6 Å². The van der Waals surface area contributed by atoms with Gasteiger partial charge in [0, 0.05) is 10.7 Å². The molecule has 3 rings (SSSR count). The zero-order valence-corrected chi connectivity index (χ0v) is 15.5. The van der Waals surface area contributed by atoms with Crippen molar-refractivity contribution in [1.82, 2.24) is 15.0 Å². The van der Waals surface area contributed by atoms with Crippen LogP contribution in [0.1, 0.15) is 11.1 Å². The number of benzene rings is 1. The summed E-state index contributed by atoms with van der Waals surface area (Å²) in [6, 6.07) is 8.83. The fourth-order valence-corrected chi connectivity index (χ4v) is 2.39. The highest BCUT2D eigenvalue weighted by Crippen LogP contribution is 2.35. The number of ether oxygens (including phenoxy) is 1. The van der Waals surface area contributed by atoms with E-state index in [4.69, 9.17) is 4.74 Å². The van der Waals surface area contributed by atoms with Crippen LogP contribution in [0.4, 0.5) is 17.3 Å². The maximum absolute atomic E-state index is 11.6. The first-order valence-corrected chi connectivity index (χ1v) is 8.36. The zero-order chi connectivity index (χ0) is 18.7. The normalized spacial score (nSPS) is 10.4. The molecule has 0 atom stereocenters. The molecule has 0 fully saturated rings. The third kappa shape index (κ3) is 3.94. The van der Waals surface area contributed by atoms with Crippen molar-refractivity contribution in [3.63, 3.8) is 0 Å². The van der Waals surface area contributed by atoms with Crippen LogP contribution in [0.3, 0.4) is 0 Å². The summed E-state index contributed by atoms with van der Waals surface area (Å²) in [5.41, 5.74) is 1.74. The molecule has 0 saturated carbocycles. The summed E-state index contributed by atoms with van der Waals surface area (Å²) < 4.78 is 6.43. The van der Waals surface area contributed by atoms with Gasteiger partial charge in [0.1, 0.15) is 17.9 Å². The van der Waals surface area contributed by atoms with Gasteiger partial charge < -0.3 is 10.1 Å². The van der Waals surface area contributed by atoms with Crippen LogP contribution in [-0.2, 0) is 0 Å². The van der Waals surface area contributed by atoms with E-state index in [1.807, 2.05) is 19.9 Å². The van der Waals surface area contributed by atoms with Crippen LogP contribution in [0.25, 0.3) is 0 Å². The molecule has 1 N–H and O–H groups in total. The second-order valence-electron chi connectivity index (χ2n) is 5.47. The Morgan fingerprint density at radius 1 is 1.12 bits per heavy atom. The Morgan fingerprint density at radius 2 is 1.92 bits per heavy atom. The van der Waals surface area contributed by atoms with E-state index in [1.165, 1.54) is 6.33 Å². The van der Waals surface area contributed by atoms with Gasteiger partial charge in [0.05, 0.1) is 4.92 Å². The smallest absolute Gasteiger partial charge is 0.373 e. The summed E-state index contributed by atoms with van der Waals surface area (Å²) in [5.74, 6) is 0.723. The van der Waals surface area contributed by atoms with Crippen LogP contribution < -0.4 is 10.1 Å². The predicted molar refractivity (Wildman–Crippen MR) is 99.9 cm³/mol. The van der Waals surface area contributed by atoms with E-state index in [0.29, 0.717) is 11.6 Å². The van der Waals surface area contributed by atoms with E-state index in [9.17, 15) is 10.1 Å². The Hall–Kier alpha value is -3.07. The summed E-state index contributed by atoms with van der Waals surface area (Å²) in [5, 5.41) is 14.4. The van der Waals surface area contributed by atoms with Gasteiger partial charge in [0.2, 0.25) is 5.82 Å². The highest BCUT2D eigenvalue weighted by Gasteiger charge is 2.25. The molecule has 26 heavy (non-hydrogen) atoms. The SMILES string of the molecule is Cc1ccc(Oc2ncnc(Nc3ccc(Br)cn3)c2[N+](=O)[O-])cc1C. The molecule has 132 valence electrons. The average molecular weight is 416 g/mol. The number of hydrogen-bond donors (Lipinski definition) is 1. The Labute approximate surface area is 157 Å². The van der Waals surface area contributed by atoms with Crippen LogP contribution >= 0.6 is 15.9 Å². The molecule has 0 aliphatic heterocycles. The zero-order valence-electron chi connectivity index (χ0n) is 13.9. The van der Waals surface area contributed by atoms with Gasteiger partial charge in [0.15, 0.2) is 0 Å². The minimum Gasteiger partial charge on any atom is -0.434 e. The number of nitrogens with zero attached hydrogens (tertiary/aromatic N) is 4. The molecule has 0 unspecified atom stereocenters. The maximum Gasteiger partial charge on any atom is 0.373 e. The first kappa shape index (κ1) is 17.7. The van der Waals surface area contributed by atoms with Gasteiger partial charge in [-0.2, -0.15) is 4.98 Å². The van der Waals surface area contributed by atoms with Crippen LogP contribution in [0.15, 0.2) is 47.3 Å². The van der Waals surface area contributed by atoms with Gasteiger partial charge in [-0.1, -0.05) is 6.07 Å². The molecule has 9 heteroatoms. The lowest BCUT2D eigenvalue weighted by atomic mass is 10.1. The molecule has 3 aromatic rings. The van der Waals surface area contributed by atoms with Crippen LogP contribution in [0.2, 0.25) is 0 Å². The molecule has 2 heterocycles. The van der Waals surface area contributed by atoms with Gasteiger partial charge in [-0.25, -0.2) is 9.97 Å². The molecule has 0 bridgehead atoms. The quantitative estimate of drug-likeness (QED) is 0.475. The molecule has 0 aliphatic carbocycles. The van der Waals surface area contributed by atoms with Gasteiger partial charge >= 0.3 is 11.6 Å². The first-order chi connectivity index (χ1) is 12.4. The first-order valence-electron chi connectivity index (χ1n) is 7.57. The Balaban J connectivity index is 1.96. The average Bonchev–Trinajstić information content (AvgIpc) is 2.60. The topological polar surface area (TPSA) is 103 Å². The predicted octanol–water partition coefficient (Wildman–Crippen LogP) is 4.70. The highest BCUT2D eigenvalue weighted by molar-refractivity contribution is 9.10. The number of hydrogen-bond acceptors (Lipinski definition) is 7. The highest BCUT2D eigenvalue weighted by atomic mass is 79.9. The number of rotatable bonds is 5. The Morgan fingerprint density at radius 3 is 2.58 bits per heavy atom. The van der Waals surface area contributed by atoms with Crippen molar-refractivity contribution in [2.24, 2.45) is 0 Å². The standard InChI is InChI=1S/C17H14BrN5O3/c1-10-3-5-13(7-11(10)2)26-17-15(23(24)25)16(20-9-21-17)22-14-6-4-12(18)8-19-14/h3-9H,1-2H3,(H,19,20,21,22). The van der Waals surface area contributed by atoms with E-state index in [1.54, 1.807) is 30.5 Å². The fourth-order valence-electron chi connectivity index (χ4n) is 2.15. The van der Waals surface area contributed by atoms with E-state index < -0.39 is 4.92 Å². The van der Waals surface area contributed by atoms with Crippen LogP contribution in [0, 0.1) is 24.0 Å². The number of pyridine rings is 1. The number of aromatic nitrogens is 3. The Bertz CT molecular complexity index is 963. The molecular weight excluding hydrogens is 402 g/mol. The second kappa shape index (κ2) is 7.44. The monoisotopic (exact) mass is 415 g/mol. The summed E-state index contributed by atoms with van der Waals surface area (Å²) in [6.07, 6.45) is 2.77. The maximum atomic E-state index is 11.6. The molecule has 8 nitrogen and oxygen atoms in total. The lowest BCUT2D eigenvalue weighted by Crippen LogP contribution is -2.04. The van der Waals surface area contributed by atoms with Crippen molar-refractivity contribution in [2.45, 2.75) is 13.8 Å². The van der Waals surface area contributed by atoms with Crippen molar-refractivity contribution in [3.8, 4) is 11.6 Å². The van der Waals surface area contributed by atoms with Crippen LogP contribution in [0.5, 0.6) is 11.6 Å². The molecule has 0 saturated heterocycles. The minimum atomic E-state index is -0.586. The molecule has 2 aromatic heterocycles. The number of nitro groups is 1. The summed E-state index contributed by atoms with van der Waals surface area (Å²) in [7, 11) is 0. The van der Waals surface area contributed by atoms with E-state index in [0.717, 1.165) is 15.6 Å². The number of halogens is 1. The van der Waals surface area contributed by atoms with Crippen molar-refractivity contribution < 1.29 is 9.66 Å². The van der Waals surface area contributed by atoms with Crippen LogP contribution in [-0.4, -0.2) is 19.9 Å². The van der Waals surface area contributed by atoms with Crippen molar-refractivity contribution in [2.75, 3.05) is 5.32 Å². The lowest BCUT2D eigenvalue weighted by molar-refractivity contribution is -0.385. The minimum absolute atomic E-state index is 0.00124. The summed E-state index contributed by atoms with van der Waals surface area (Å²) in [6.45, 7) is 3.91. The lowest BCUT2D eigenvalue weighted by Gasteiger charge is -2.10. The third-order valence-corrected chi connectivity index (χ3v) is 4.11. The van der Waals surface area contributed by atoms with E-state index in [-0.39, 0.29) is 17.4 Å². The summed E-state index contributed by atoms with van der Waals surface area (Å²) in [4.78, 5) is 23.0. The van der Waals surface area contributed by atoms with Gasteiger partial charge in [-0.05, 0) is 65.2 Å². The molecular formula is C17H14BrN5O3. The van der Waals surface area contributed by atoms with Gasteiger partial charge in [-0.3, -0.25) is 10.1 Å². The van der Waals surface area contributed by atoms with Gasteiger partial charge in [0.25, 0.3) is 0 Å². The second-order valence-corrected chi connectivity index (χ2v) is 6.38. The molecule has 0 amide bonds. The largest absolute Gasteiger partial charge is 0.434 e. The number of nitrogens with one attached hydrogen (secondary N) is 1. The number of aryl methyl sites for hydroxylation is 2. The molecule has 0 spiro atoms. The Kier molecular flexibility index (Phi) is 5.08. The van der Waals surface area contributed by atoms with E-state index in [2.05, 4.69) is 36.2 Å². The molecule has 0 radical (unpaired) electrons. The third-order valence-electron chi connectivity index (χ3n) is 3.64. The molecule has 1 aromatic carbocycles. The summed E-state index contributed by atoms with van der Waals surface area (Å²) >= 11 is 3.28. The van der Waals surface area contributed by atoms with Crippen molar-refractivity contribution >= 4 is 33.3 Å². The number of anilines is 2. The fraction of sp³-hybridized carbons (Fsp3) is 0.118. The van der Waals surface area contributed by atoms with Crippen molar-refractivity contribution in [1.29, 1.82) is 0 Å². The van der Waals surface area contributed by atoms with Gasteiger partial charge in [-0.15, -0.1) is 0 Å².